The number of hydrogen-bond donors (Lipinski definition) is 0. The molecule has 1 aromatic carbocycles. The number of alkyl halides is 3. The van der Waals surface area contributed by atoms with Crippen LogP contribution in [-0.4, -0.2) is 60.6 Å². The van der Waals surface area contributed by atoms with Gasteiger partial charge in [-0.3, -0.25) is 4.90 Å². The molecule has 0 spiro atoms. The second-order valence-corrected chi connectivity index (χ2v) is 6.10. The highest BCUT2D eigenvalue weighted by Crippen LogP contribution is 2.19. The molecule has 1 aromatic rings. The minimum absolute atomic E-state index is 0.169. The zero-order chi connectivity index (χ0) is 19.3. The van der Waals surface area contributed by atoms with Gasteiger partial charge in [-0.1, -0.05) is 6.92 Å². The van der Waals surface area contributed by atoms with Gasteiger partial charge in [-0.15, -0.1) is 0 Å². The van der Waals surface area contributed by atoms with Crippen LogP contribution >= 0.6 is 0 Å². The zero-order valence-corrected chi connectivity index (χ0v) is 14.3. The molecule has 1 saturated heterocycles. The van der Waals surface area contributed by atoms with Crippen LogP contribution in [-0.2, 0) is 16.1 Å². The van der Waals surface area contributed by atoms with Crippen molar-refractivity contribution in [1.82, 2.24) is 9.80 Å². The molecule has 26 heavy (non-hydrogen) atoms. The smallest absolute Gasteiger partial charge is 0.383 e. The number of carbonyl (C=O) groups excluding carboxylic acids is 2. The van der Waals surface area contributed by atoms with Gasteiger partial charge < -0.3 is 9.64 Å². The van der Waals surface area contributed by atoms with Crippen molar-refractivity contribution in [3.8, 4) is 0 Å². The fourth-order valence-electron chi connectivity index (χ4n) is 2.75. The predicted molar refractivity (Wildman–Crippen MR) is 84.9 cm³/mol. The van der Waals surface area contributed by atoms with E-state index in [0.717, 1.165) is 57.3 Å². The quantitative estimate of drug-likeness (QED) is 0.449. The van der Waals surface area contributed by atoms with E-state index in [1.54, 1.807) is 0 Å². The highest BCUT2D eigenvalue weighted by Gasteiger charge is 2.42. The topological polar surface area (TPSA) is 49.9 Å². The number of esters is 2. The Kier molecular flexibility index (Phi) is 6.71. The maximum atomic E-state index is 14.0. The Morgan fingerprint density at radius 3 is 2.31 bits per heavy atom. The number of rotatable bonds is 5. The minimum Gasteiger partial charge on any atom is -0.383 e. The third-order valence-corrected chi connectivity index (χ3v) is 4.10. The second-order valence-electron chi connectivity index (χ2n) is 6.10. The van der Waals surface area contributed by atoms with Gasteiger partial charge in [0.1, 0.15) is 5.82 Å². The molecule has 9 heteroatoms. The number of ether oxygens (including phenoxy) is 1. The third kappa shape index (κ3) is 5.50. The van der Waals surface area contributed by atoms with Crippen LogP contribution in [0.1, 0.15) is 29.3 Å². The van der Waals surface area contributed by atoms with Crippen molar-refractivity contribution in [1.29, 1.82) is 0 Å². The van der Waals surface area contributed by atoms with Crippen molar-refractivity contribution >= 4 is 11.9 Å². The van der Waals surface area contributed by atoms with Crippen LogP contribution in [0.5, 0.6) is 0 Å². The molecule has 0 aromatic heterocycles. The van der Waals surface area contributed by atoms with E-state index in [-0.39, 0.29) is 17.7 Å². The van der Waals surface area contributed by atoms with Gasteiger partial charge in [-0.25, -0.2) is 14.0 Å². The summed E-state index contributed by atoms with van der Waals surface area (Å²) in [5, 5.41) is 0. The van der Waals surface area contributed by atoms with Crippen LogP contribution in [0, 0.1) is 5.82 Å². The van der Waals surface area contributed by atoms with Crippen molar-refractivity contribution in [3.63, 3.8) is 0 Å². The van der Waals surface area contributed by atoms with Gasteiger partial charge in [-0.2, -0.15) is 13.2 Å². The highest BCUT2D eigenvalue weighted by molar-refractivity contribution is 5.98. The van der Waals surface area contributed by atoms with E-state index in [2.05, 4.69) is 16.6 Å². The van der Waals surface area contributed by atoms with Gasteiger partial charge >= 0.3 is 18.1 Å². The van der Waals surface area contributed by atoms with Crippen molar-refractivity contribution < 1.29 is 31.9 Å². The highest BCUT2D eigenvalue weighted by atomic mass is 19.4. The molecule has 0 unspecified atom stereocenters. The van der Waals surface area contributed by atoms with Crippen LogP contribution in [0.2, 0.25) is 0 Å². The molecule has 1 heterocycles. The van der Waals surface area contributed by atoms with E-state index in [9.17, 15) is 27.2 Å². The predicted octanol–water partition coefficient (Wildman–Crippen LogP) is 2.60. The molecule has 1 aliphatic rings. The molecule has 0 N–H and O–H groups in total. The average Bonchev–Trinajstić information content (AvgIpc) is 2.58. The molecule has 0 atom stereocenters. The van der Waals surface area contributed by atoms with E-state index >= 15 is 0 Å². The second kappa shape index (κ2) is 8.59. The molecule has 1 fully saturated rings. The lowest BCUT2D eigenvalue weighted by Crippen LogP contribution is -2.46. The van der Waals surface area contributed by atoms with Crippen molar-refractivity contribution in [2.24, 2.45) is 0 Å². The summed E-state index contributed by atoms with van der Waals surface area (Å²) in [5.41, 5.74) is -0.133. The fraction of sp³-hybridized carbons (Fsp3) is 0.529. The first-order chi connectivity index (χ1) is 12.2. The van der Waals surface area contributed by atoms with Gasteiger partial charge in [-0.05, 0) is 31.2 Å². The number of carbonyl (C=O) groups is 2. The van der Waals surface area contributed by atoms with E-state index in [1.807, 2.05) is 4.90 Å². The Morgan fingerprint density at radius 2 is 1.73 bits per heavy atom. The fourth-order valence-corrected chi connectivity index (χ4v) is 2.75. The molecule has 144 valence electrons. The molecule has 5 nitrogen and oxygen atoms in total. The normalized spacial score (nSPS) is 16.5. The van der Waals surface area contributed by atoms with Crippen LogP contribution in [0.15, 0.2) is 18.2 Å². The molecular weight excluding hydrogens is 356 g/mol. The number of piperazine rings is 1. The van der Waals surface area contributed by atoms with Gasteiger partial charge in [0.05, 0.1) is 5.56 Å². The lowest BCUT2D eigenvalue weighted by molar-refractivity contribution is -0.193. The summed E-state index contributed by atoms with van der Waals surface area (Å²) >= 11 is 0. The molecule has 1 aliphatic heterocycles. The largest absolute Gasteiger partial charge is 0.491 e. The lowest BCUT2D eigenvalue weighted by atomic mass is 10.1. The van der Waals surface area contributed by atoms with Crippen LogP contribution in [0.4, 0.5) is 17.6 Å². The standard InChI is InChI=1S/C17H20F4N2O3/c1-2-5-22-6-8-23(9-7-22)11-13-10-12(3-4-14(13)18)15(24)26-16(25)17(19,20)21/h3-4,10H,2,5-9,11H2,1H3. The van der Waals surface area contributed by atoms with Crippen molar-refractivity contribution in [2.45, 2.75) is 26.1 Å². The molecular formula is C17H20F4N2O3. The summed E-state index contributed by atoms with van der Waals surface area (Å²) in [4.78, 5) is 26.7. The maximum Gasteiger partial charge on any atom is 0.491 e. The summed E-state index contributed by atoms with van der Waals surface area (Å²) < 4.78 is 54.3. The SMILES string of the molecule is CCCN1CCN(Cc2cc(C(=O)OC(=O)C(F)(F)F)ccc2F)CC1. The zero-order valence-electron chi connectivity index (χ0n) is 14.3. The minimum atomic E-state index is -5.27. The van der Waals surface area contributed by atoms with Gasteiger partial charge in [0.2, 0.25) is 0 Å². The van der Waals surface area contributed by atoms with Crippen LogP contribution < -0.4 is 0 Å². The first-order valence-corrected chi connectivity index (χ1v) is 8.27. The van der Waals surface area contributed by atoms with E-state index in [1.165, 1.54) is 0 Å². The number of benzene rings is 1. The summed E-state index contributed by atoms with van der Waals surface area (Å²) in [5.74, 6) is -4.62. The number of hydrogen-bond acceptors (Lipinski definition) is 5. The molecule has 0 saturated carbocycles. The molecule has 2 rings (SSSR count). The van der Waals surface area contributed by atoms with E-state index < -0.39 is 23.9 Å². The van der Waals surface area contributed by atoms with Gasteiger partial charge in [0.25, 0.3) is 0 Å². The molecule has 0 radical (unpaired) electrons. The lowest BCUT2D eigenvalue weighted by Gasteiger charge is -2.34. The van der Waals surface area contributed by atoms with Gasteiger partial charge in [0, 0.05) is 38.3 Å². The summed E-state index contributed by atoms with van der Waals surface area (Å²) in [6, 6.07) is 3.10. The van der Waals surface area contributed by atoms with Crippen molar-refractivity contribution in [3.05, 3.63) is 35.1 Å². The molecule has 0 amide bonds. The van der Waals surface area contributed by atoms with Gasteiger partial charge in [0.15, 0.2) is 0 Å². The maximum absolute atomic E-state index is 14.0. The Bertz CT molecular complexity index is 656. The number of nitrogens with zero attached hydrogens (tertiary/aromatic N) is 2. The summed E-state index contributed by atoms with van der Waals surface area (Å²) in [6.07, 6.45) is -4.22. The Labute approximate surface area is 148 Å². The molecule has 0 aliphatic carbocycles. The van der Waals surface area contributed by atoms with Crippen LogP contribution in [0.25, 0.3) is 0 Å². The summed E-state index contributed by atoms with van der Waals surface area (Å²) in [7, 11) is 0. The Hall–Kier alpha value is -2.00. The summed E-state index contributed by atoms with van der Waals surface area (Å²) in [6.45, 7) is 6.45. The first-order valence-electron chi connectivity index (χ1n) is 8.27. The first kappa shape index (κ1) is 20.3. The average molecular weight is 376 g/mol. The Balaban J connectivity index is 2.01. The number of halogens is 4. The van der Waals surface area contributed by atoms with E-state index in [4.69, 9.17) is 0 Å². The monoisotopic (exact) mass is 376 g/mol. The Morgan fingerprint density at radius 1 is 1.12 bits per heavy atom. The third-order valence-electron chi connectivity index (χ3n) is 4.10. The molecule has 0 bridgehead atoms. The van der Waals surface area contributed by atoms with E-state index in [0.29, 0.717) is 0 Å². The van der Waals surface area contributed by atoms with Crippen molar-refractivity contribution in [2.75, 3.05) is 32.7 Å². The van der Waals surface area contributed by atoms with Crippen LogP contribution in [0.3, 0.4) is 0 Å².